The second-order valence-electron chi connectivity index (χ2n) is 7.87. The number of amides is 1. The fraction of sp³-hybridized carbons (Fsp3) is 0.167. The van der Waals surface area contributed by atoms with Gasteiger partial charge in [0.25, 0.3) is 15.9 Å². The van der Waals surface area contributed by atoms with Gasteiger partial charge in [-0.2, -0.15) is 0 Å². The summed E-state index contributed by atoms with van der Waals surface area (Å²) in [6.45, 7) is 4.13. The minimum atomic E-state index is -3.84. The Morgan fingerprint density at radius 1 is 0.941 bits per heavy atom. The molecule has 0 radical (unpaired) electrons. The zero-order valence-electron chi connectivity index (χ0n) is 18.5. The zero-order chi connectivity index (χ0) is 23.9. The van der Waals surface area contributed by atoms with Gasteiger partial charge in [0, 0.05) is 30.3 Å². The van der Waals surface area contributed by atoms with Gasteiger partial charge in [-0.3, -0.25) is 14.3 Å². The maximum atomic E-state index is 12.8. The summed E-state index contributed by atoms with van der Waals surface area (Å²) in [5, 5.41) is 9.40. The Morgan fingerprint density at radius 2 is 1.71 bits per heavy atom. The van der Waals surface area contributed by atoms with Crippen LogP contribution < -0.4 is 0 Å². The van der Waals surface area contributed by atoms with Crippen molar-refractivity contribution in [3.63, 3.8) is 0 Å². The van der Waals surface area contributed by atoms with E-state index >= 15 is 0 Å². The van der Waals surface area contributed by atoms with E-state index < -0.39 is 15.9 Å². The minimum Gasteiger partial charge on any atom is -0.270 e. The van der Waals surface area contributed by atoms with Crippen LogP contribution in [0.4, 0.5) is 0 Å². The SMILES string of the molecule is Cc1ccc(-n2c(SCCN3C(=O)c4ccccc4S3(=O)=O)nnc2-c2ccncc2)cc1C. The van der Waals surface area contributed by atoms with Gasteiger partial charge < -0.3 is 0 Å². The van der Waals surface area contributed by atoms with Crippen LogP contribution in [0.5, 0.6) is 0 Å². The lowest BCUT2D eigenvalue weighted by Gasteiger charge is -2.15. The normalized spacial score (nSPS) is 14.4. The van der Waals surface area contributed by atoms with E-state index in [4.69, 9.17) is 0 Å². The maximum absolute atomic E-state index is 12.8. The van der Waals surface area contributed by atoms with E-state index in [1.54, 1.807) is 30.6 Å². The molecule has 0 saturated heterocycles. The van der Waals surface area contributed by atoms with Crippen LogP contribution in [0.3, 0.4) is 0 Å². The van der Waals surface area contributed by atoms with Gasteiger partial charge in [0.05, 0.1) is 11.3 Å². The maximum Gasteiger partial charge on any atom is 0.269 e. The van der Waals surface area contributed by atoms with E-state index in [1.807, 2.05) is 35.8 Å². The minimum absolute atomic E-state index is 0.0326. The Hall–Kier alpha value is -3.50. The van der Waals surface area contributed by atoms with Crippen LogP contribution in [-0.4, -0.2) is 50.7 Å². The van der Waals surface area contributed by atoms with E-state index in [0.29, 0.717) is 16.7 Å². The van der Waals surface area contributed by atoms with Crippen molar-refractivity contribution in [2.75, 3.05) is 12.3 Å². The number of aromatic nitrogens is 4. The van der Waals surface area contributed by atoms with Gasteiger partial charge >= 0.3 is 0 Å². The number of pyridine rings is 1. The molecule has 8 nitrogen and oxygen atoms in total. The molecule has 0 spiro atoms. The van der Waals surface area contributed by atoms with Crippen LogP contribution >= 0.6 is 11.8 Å². The lowest BCUT2D eigenvalue weighted by atomic mass is 10.1. The van der Waals surface area contributed by atoms with Crippen LogP contribution in [0, 0.1) is 13.8 Å². The summed E-state index contributed by atoms with van der Waals surface area (Å²) in [7, 11) is -3.84. The summed E-state index contributed by atoms with van der Waals surface area (Å²) in [6.07, 6.45) is 3.39. The standard InChI is InChI=1S/C24H21N5O3S2/c1-16-7-8-19(15-17(16)2)29-22(18-9-11-25-12-10-18)26-27-24(29)33-14-13-28-23(30)20-5-3-4-6-21(20)34(28,31)32/h3-12,15H,13-14H2,1-2H3. The van der Waals surface area contributed by atoms with Gasteiger partial charge in [-0.15, -0.1) is 10.2 Å². The summed E-state index contributed by atoms with van der Waals surface area (Å²) in [6, 6.07) is 16.1. The molecule has 34 heavy (non-hydrogen) atoms. The fourth-order valence-electron chi connectivity index (χ4n) is 3.82. The molecule has 0 fully saturated rings. The largest absolute Gasteiger partial charge is 0.270 e. The van der Waals surface area contributed by atoms with Crippen LogP contribution in [0.2, 0.25) is 0 Å². The van der Waals surface area contributed by atoms with Crippen molar-refractivity contribution in [1.82, 2.24) is 24.1 Å². The highest BCUT2D eigenvalue weighted by Crippen LogP contribution is 2.32. The molecule has 0 bridgehead atoms. The molecule has 5 rings (SSSR count). The van der Waals surface area contributed by atoms with Crippen molar-refractivity contribution in [2.24, 2.45) is 0 Å². The highest BCUT2D eigenvalue weighted by Gasteiger charge is 2.40. The Bertz CT molecular complexity index is 1500. The number of sulfonamides is 1. The molecular formula is C24H21N5O3S2. The third-order valence-electron chi connectivity index (χ3n) is 5.76. The summed E-state index contributed by atoms with van der Waals surface area (Å²) < 4.78 is 28.6. The van der Waals surface area contributed by atoms with Crippen molar-refractivity contribution < 1.29 is 13.2 Å². The molecule has 1 amide bonds. The highest BCUT2D eigenvalue weighted by atomic mass is 32.2. The van der Waals surface area contributed by atoms with E-state index in [1.165, 1.54) is 23.4 Å². The number of carbonyl (C=O) groups is 1. The van der Waals surface area contributed by atoms with Gasteiger partial charge in [0.1, 0.15) is 4.90 Å². The van der Waals surface area contributed by atoms with Crippen LogP contribution in [0.25, 0.3) is 17.1 Å². The number of hydrogen-bond donors (Lipinski definition) is 0. The molecule has 0 aliphatic carbocycles. The molecule has 10 heteroatoms. The van der Waals surface area contributed by atoms with Crippen LogP contribution in [-0.2, 0) is 10.0 Å². The molecule has 1 aliphatic rings. The lowest BCUT2D eigenvalue weighted by Crippen LogP contribution is -2.32. The molecule has 2 aromatic heterocycles. The summed E-state index contributed by atoms with van der Waals surface area (Å²) in [5.74, 6) is 0.493. The van der Waals surface area contributed by atoms with Crippen molar-refractivity contribution in [3.05, 3.63) is 83.7 Å². The molecule has 0 saturated carbocycles. The fourth-order valence-corrected chi connectivity index (χ4v) is 6.38. The van der Waals surface area contributed by atoms with Crippen molar-refractivity contribution in [2.45, 2.75) is 23.9 Å². The number of carbonyl (C=O) groups excluding carboxylic acids is 1. The van der Waals surface area contributed by atoms with Gasteiger partial charge in [-0.1, -0.05) is 30.0 Å². The quantitative estimate of drug-likeness (QED) is 0.378. The molecule has 1 aliphatic heterocycles. The molecular weight excluding hydrogens is 470 g/mol. The topological polar surface area (TPSA) is 98.1 Å². The number of hydrogen-bond acceptors (Lipinski definition) is 7. The molecule has 0 atom stereocenters. The predicted molar refractivity (Wildman–Crippen MR) is 129 cm³/mol. The first-order valence-electron chi connectivity index (χ1n) is 10.6. The number of thioether (sulfide) groups is 1. The smallest absolute Gasteiger partial charge is 0.269 e. The van der Waals surface area contributed by atoms with Crippen molar-refractivity contribution in [3.8, 4) is 17.1 Å². The molecule has 0 N–H and O–H groups in total. The second-order valence-corrected chi connectivity index (χ2v) is 10.8. The van der Waals surface area contributed by atoms with Gasteiger partial charge in [-0.25, -0.2) is 12.7 Å². The Kier molecular flexibility index (Phi) is 5.70. The van der Waals surface area contributed by atoms with E-state index in [2.05, 4.69) is 28.2 Å². The predicted octanol–water partition coefficient (Wildman–Crippen LogP) is 3.88. The first kappa shape index (κ1) is 22.3. The Labute approximate surface area is 201 Å². The summed E-state index contributed by atoms with van der Waals surface area (Å²) in [5.41, 5.74) is 4.29. The third kappa shape index (κ3) is 3.78. The molecule has 2 aromatic carbocycles. The van der Waals surface area contributed by atoms with E-state index in [9.17, 15) is 13.2 Å². The van der Waals surface area contributed by atoms with Gasteiger partial charge in [0.2, 0.25) is 0 Å². The molecule has 4 aromatic rings. The average molecular weight is 492 g/mol. The first-order valence-corrected chi connectivity index (χ1v) is 13.0. The number of aryl methyl sites for hydroxylation is 2. The van der Waals surface area contributed by atoms with Crippen LogP contribution in [0.1, 0.15) is 21.5 Å². The first-order chi connectivity index (χ1) is 16.4. The van der Waals surface area contributed by atoms with Crippen molar-refractivity contribution in [1.29, 1.82) is 0 Å². The molecule has 0 unspecified atom stereocenters. The second kappa shape index (κ2) is 8.69. The highest BCUT2D eigenvalue weighted by molar-refractivity contribution is 7.99. The van der Waals surface area contributed by atoms with Gasteiger partial charge in [0.15, 0.2) is 11.0 Å². The number of fused-ring (bicyclic) bond motifs is 1. The Balaban J connectivity index is 1.44. The summed E-state index contributed by atoms with van der Waals surface area (Å²) >= 11 is 1.35. The number of rotatable bonds is 6. The van der Waals surface area contributed by atoms with Crippen LogP contribution in [0.15, 0.2) is 77.0 Å². The Morgan fingerprint density at radius 3 is 2.44 bits per heavy atom. The number of benzene rings is 2. The third-order valence-corrected chi connectivity index (χ3v) is 8.51. The monoisotopic (exact) mass is 491 g/mol. The molecule has 3 heterocycles. The lowest BCUT2D eigenvalue weighted by molar-refractivity contribution is 0.0876. The van der Waals surface area contributed by atoms with E-state index in [-0.39, 0.29) is 17.0 Å². The zero-order valence-corrected chi connectivity index (χ0v) is 20.2. The van der Waals surface area contributed by atoms with E-state index in [0.717, 1.165) is 21.1 Å². The van der Waals surface area contributed by atoms with Gasteiger partial charge in [-0.05, 0) is 61.4 Å². The number of nitrogens with zero attached hydrogens (tertiary/aromatic N) is 5. The molecule has 172 valence electrons. The summed E-state index contributed by atoms with van der Waals surface area (Å²) in [4.78, 5) is 16.8. The van der Waals surface area contributed by atoms with Crippen molar-refractivity contribution >= 4 is 27.7 Å². The average Bonchev–Trinajstić information content (AvgIpc) is 3.34.